The van der Waals surface area contributed by atoms with E-state index in [-0.39, 0.29) is 6.61 Å². The Kier molecular flexibility index (Phi) is 5.47. The fourth-order valence-corrected chi connectivity index (χ4v) is 1.33. The highest BCUT2D eigenvalue weighted by molar-refractivity contribution is 6.31. The summed E-state index contributed by atoms with van der Waals surface area (Å²) in [6.45, 7) is 1.20. The molecule has 15 heavy (non-hydrogen) atoms. The van der Waals surface area contributed by atoms with E-state index in [1.165, 1.54) is 0 Å². The molecule has 0 bridgehead atoms. The van der Waals surface area contributed by atoms with E-state index in [1.54, 1.807) is 25.3 Å². The van der Waals surface area contributed by atoms with Crippen LogP contribution in [-0.4, -0.2) is 25.4 Å². The van der Waals surface area contributed by atoms with Crippen molar-refractivity contribution in [3.63, 3.8) is 0 Å². The summed E-state index contributed by atoms with van der Waals surface area (Å²) in [5.41, 5.74) is 0.681. The molecule has 0 unspecified atom stereocenters. The van der Waals surface area contributed by atoms with Gasteiger partial charge in [-0.3, -0.25) is 0 Å². The van der Waals surface area contributed by atoms with Crippen LogP contribution in [0.3, 0.4) is 0 Å². The third-order valence-corrected chi connectivity index (χ3v) is 2.32. The molecule has 84 valence electrons. The molecule has 0 saturated carbocycles. The third kappa shape index (κ3) is 4.08. The second-order valence-corrected chi connectivity index (χ2v) is 3.51. The topological polar surface area (TPSA) is 38.7 Å². The van der Waals surface area contributed by atoms with Crippen LogP contribution < -0.4 is 4.74 Å². The minimum atomic E-state index is -0.0753. The van der Waals surface area contributed by atoms with Gasteiger partial charge >= 0.3 is 0 Å². The number of benzene rings is 1. The number of methoxy groups -OCH3 is 1. The zero-order valence-corrected chi connectivity index (χ0v) is 9.46. The summed E-state index contributed by atoms with van der Waals surface area (Å²) in [5, 5.41) is 9.55. The molecule has 0 radical (unpaired) electrons. The van der Waals surface area contributed by atoms with Crippen LogP contribution in [0.5, 0.6) is 5.75 Å². The quantitative estimate of drug-likeness (QED) is 0.762. The van der Waals surface area contributed by atoms with Crippen LogP contribution in [0.15, 0.2) is 18.2 Å². The summed E-state index contributed by atoms with van der Waals surface area (Å²) in [6.07, 6.45) is 0.841. The lowest BCUT2D eigenvalue weighted by Gasteiger charge is -2.07. The Morgan fingerprint density at radius 3 is 2.80 bits per heavy atom. The fourth-order valence-electron chi connectivity index (χ4n) is 1.16. The van der Waals surface area contributed by atoms with Crippen molar-refractivity contribution < 1.29 is 14.6 Å². The molecule has 0 spiro atoms. The molecule has 0 saturated heterocycles. The van der Waals surface area contributed by atoms with E-state index in [4.69, 9.17) is 26.2 Å². The first-order valence-electron chi connectivity index (χ1n) is 4.79. The molecule has 0 aliphatic heterocycles. The number of hydrogen-bond donors (Lipinski definition) is 1. The van der Waals surface area contributed by atoms with Crippen LogP contribution in [0.2, 0.25) is 5.02 Å². The average molecular weight is 231 g/mol. The van der Waals surface area contributed by atoms with Gasteiger partial charge < -0.3 is 14.6 Å². The molecule has 0 fully saturated rings. The molecule has 0 aliphatic carbocycles. The van der Waals surface area contributed by atoms with Gasteiger partial charge in [0, 0.05) is 25.2 Å². The number of halogens is 1. The monoisotopic (exact) mass is 230 g/mol. The second-order valence-electron chi connectivity index (χ2n) is 3.11. The number of rotatable bonds is 6. The molecule has 0 atom stereocenters. The molecule has 1 aromatic carbocycles. The summed E-state index contributed by atoms with van der Waals surface area (Å²) >= 11 is 5.84. The zero-order chi connectivity index (χ0) is 11.1. The Bertz CT molecular complexity index is 302. The van der Waals surface area contributed by atoms with Crippen LogP contribution in [-0.2, 0) is 11.3 Å². The summed E-state index contributed by atoms with van der Waals surface area (Å²) in [6, 6.07) is 5.25. The van der Waals surface area contributed by atoms with Gasteiger partial charge in [-0.15, -0.1) is 0 Å². The first-order chi connectivity index (χ1) is 7.27. The van der Waals surface area contributed by atoms with Gasteiger partial charge in [0.25, 0.3) is 0 Å². The van der Waals surface area contributed by atoms with E-state index in [2.05, 4.69) is 0 Å². The molecule has 1 rings (SSSR count). The Labute approximate surface area is 94.6 Å². The second kappa shape index (κ2) is 6.67. The lowest BCUT2D eigenvalue weighted by Crippen LogP contribution is -2.01. The predicted octanol–water partition coefficient (Wildman–Crippen LogP) is 2.25. The lowest BCUT2D eigenvalue weighted by molar-refractivity contribution is 0.172. The van der Waals surface area contributed by atoms with Crippen LogP contribution in [0.25, 0.3) is 0 Å². The van der Waals surface area contributed by atoms with Crippen molar-refractivity contribution in [2.75, 3.05) is 20.3 Å². The maximum Gasteiger partial charge on any atom is 0.119 e. The van der Waals surface area contributed by atoms with Gasteiger partial charge in [0.2, 0.25) is 0 Å². The van der Waals surface area contributed by atoms with Crippen LogP contribution in [0.1, 0.15) is 12.0 Å². The van der Waals surface area contributed by atoms with E-state index in [1.807, 2.05) is 0 Å². The maximum atomic E-state index is 8.99. The number of aliphatic hydroxyl groups is 1. The van der Waals surface area contributed by atoms with E-state index in [0.29, 0.717) is 23.8 Å². The molecule has 4 heteroatoms. The van der Waals surface area contributed by atoms with Gasteiger partial charge in [-0.05, 0) is 23.8 Å². The Hall–Kier alpha value is -0.770. The summed E-state index contributed by atoms with van der Waals surface area (Å²) in [5.74, 6) is 0.722. The minimum Gasteiger partial charge on any atom is -0.493 e. The van der Waals surface area contributed by atoms with Crippen molar-refractivity contribution in [3.05, 3.63) is 28.8 Å². The van der Waals surface area contributed by atoms with Crippen LogP contribution >= 0.6 is 11.6 Å². The van der Waals surface area contributed by atoms with Gasteiger partial charge in [0.05, 0.1) is 13.2 Å². The first-order valence-corrected chi connectivity index (χ1v) is 5.16. The summed E-state index contributed by atoms with van der Waals surface area (Å²) in [7, 11) is 1.66. The highest BCUT2D eigenvalue weighted by Gasteiger charge is 2.01. The molecular weight excluding hydrogens is 216 g/mol. The highest BCUT2D eigenvalue weighted by Crippen LogP contribution is 2.22. The largest absolute Gasteiger partial charge is 0.493 e. The highest BCUT2D eigenvalue weighted by atomic mass is 35.5. The standard InChI is InChI=1S/C11H15ClO3/c1-14-5-2-6-15-10-3-4-11(12)9(7-10)8-13/h3-4,7,13H,2,5-6,8H2,1H3. The molecule has 0 amide bonds. The molecule has 1 aromatic rings. The molecule has 0 aromatic heterocycles. The third-order valence-electron chi connectivity index (χ3n) is 1.95. The van der Waals surface area contributed by atoms with Gasteiger partial charge in [0.1, 0.15) is 5.75 Å². The maximum absolute atomic E-state index is 8.99. The molecule has 1 N–H and O–H groups in total. The van der Waals surface area contributed by atoms with Gasteiger partial charge in [-0.1, -0.05) is 11.6 Å². The average Bonchev–Trinajstić information content (AvgIpc) is 2.26. The number of hydrogen-bond acceptors (Lipinski definition) is 3. The molecular formula is C11H15ClO3. The van der Waals surface area contributed by atoms with Crippen molar-refractivity contribution >= 4 is 11.6 Å². The van der Waals surface area contributed by atoms with E-state index < -0.39 is 0 Å². The first kappa shape index (κ1) is 12.3. The normalized spacial score (nSPS) is 10.3. The van der Waals surface area contributed by atoms with Crippen molar-refractivity contribution in [2.24, 2.45) is 0 Å². The minimum absolute atomic E-state index is 0.0753. The number of aliphatic hydroxyl groups excluding tert-OH is 1. The van der Waals surface area contributed by atoms with Crippen LogP contribution in [0.4, 0.5) is 0 Å². The lowest BCUT2D eigenvalue weighted by atomic mass is 10.2. The summed E-state index contributed by atoms with van der Waals surface area (Å²) in [4.78, 5) is 0. The molecule has 0 heterocycles. The van der Waals surface area contributed by atoms with Gasteiger partial charge in [-0.2, -0.15) is 0 Å². The van der Waals surface area contributed by atoms with Crippen molar-refractivity contribution in [1.29, 1.82) is 0 Å². The zero-order valence-electron chi connectivity index (χ0n) is 8.70. The van der Waals surface area contributed by atoms with Crippen molar-refractivity contribution in [2.45, 2.75) is 13.0 Å². The van der Waals surface area contributed by atoms with Crippen molar-refractivity contribution in [3.8, 4) is 5.75 Å². The van der Waals surface area contributed by atoms with Gasteiger partial charge in [0.15, 0.2) is 0 Å². The predicted molar refractivity (Wildman–Crippen MR) is 59.4 cm³/mol. The number of ether oxygens (including phenoxy) is 2. The Morgan fingerprint density at radius 2 is 2.13 bits per heavy atom. The summed E-state index contributed by atoms with van der Waals surface area (Å²) < 4.78 is 10.4. The molecule has 0 aliphatic rings. The smallest absolute Gasteiger partial charge is 0.119 e. The Morgan fingerprint density at radius 1 is 1.33 bits per heavy atom. The SMILES string of the molecule is COCCCOc1ccc(Cl)c(CO)c1. The van der Waals surface area contributed by atoms with Crippen LogP contribution in [0, 0.1) is 0 Å². The van der Waals surface area contributed by atoms with E-state index >= 15 is 0 Å². The van der Waals surface area contributed by atoms with E-state index in [9.17, 15) is 0 Å². The van der Waals surface area contributed by atoms with Crippen molar-refractivity contribution in [1.82, 2.24) is 0 Å². The fraction of sp³-hybridized carbons (Fsp3) is 0.455. The molecule has 3 nitrogen and oxygen atoms in total. The Balaban J connectivity index is 2.47. The van der Waals surface area contributed by atoms with E-state index in [0.717, 1.165) is 12.2 Å². The van der Waals surface area contributed by atoms with Gasteiger partial charge in [-0.25, -0.2) is 0 Å².